The van der Waals surface area contributed by atoms with Gasteiger partial charge in [-0.05, 0) is 23.6 Å². The van der Waals surface area contributed by atoms with Crippen molar-refractivity contribution in [2.24, 2.45) is 0 Å². The zero-order valence-electron chi connectivity index (χ0n) is 15.9. The smallest absolute Gasteiger partial charge is 0.253 e. The van der Waals surface area contributed by atoms with Crippen LogP contribution in [0, 0.1) is 11.3 Å². The van der Waals surface area contributed by atoms with Crippen LogP contribution >= 0.6 is 0 Å². The fourth-order valence-corrected chi connectivity index (χ4v) is 3.61. The number of fused-ring (bicyclic) bond motifs is 1. The molecule has 6 heteroatoms. The van der Waals surface area contributed by atoms with Crippen molar-refractivity contribution in [1.82, 2.24) is 14.8 Å². The standard InChI is InChI=1S/C23H20N4O2/c24-15-21(22(28)20-14-18-8-4-5-9-19(18)16-25-20)26-10-12-27(13-11-26)23(29)17-6-2-1-3-7-17/h1-9,14,16,21H,10-13H2. The number of nitrogens with zero attached hydrogens (tertiary/aromatic N) is 4. The number of Topliss-reactive ketones (excluding diaryl/α,β-unsaturated/α-hetero) is 1. The van der Waals surface area contributed by atoms with Crippen LogP contribution in [0.1, 0.15) is 20.8 Å². The van der Waals surface area contributed by atoms with Crippen molar-refractivity contribution in [3.63, 3.8) is 0 Å². The normalized spacial score (nSPS) is 15.6. The van der Waals surface area contributed by atoms with E-state index >= 15 is 0 Å². The van der Waals surface area contributed by atoms with Crippen LogP contribution in [0.15, 0.2) is 66.9 Å². The van der Waals surface area contributed by atoms with Gasteiger partial charge in [-0.1, -0.05) is 42.5 Å². The first-order valence-corrected chi connectivity index (χ1v) is 9.54. The topological polar surface area (TPSA) is 77.3 Å². The molecule has 2 heterocycles. The molecule has 0 aliphatic carbocycles. The van der Waals surface area contributed by atoms with Crippen LogP contribution < -0.4 is 0 Å². The number of carbonyl (C=O) groups is 2. The summed E-state index contributed by atoms with van der Waals surface area (Å²) < 4.78 is 0. The predicted octanol–water partition coefficient (Wildman–Crippen LogP) is 2.77. The van der Waals surface area contributed by atoms with Crippen molar-refractivity contribution >= 4 is 22.5 Å². The number of nitriles is 1. The maximum atomic E-state index is 12.9. The van der Waals surface area contributed by atoms with E-state index in [4.69, 9.17) is 0 Å². The van der Waals surface area contributed by atoms with Gasteiger partial charge in [0.1, 0.15) is 5.69 Å². The largest absolute Gasteiger partial charge is 0.336 e. The van der Waals surface area contributed by atoms with Crippen molar-refractivity contribution < 1.29 is 9.59 Å². The minimum absolute atomic E-state index is 0.0266. The quantitative estimate of drug-likeness (QED) is 0.647. The van der Waals surface area contributed by atoms with Crippen molar-refractivity contribution in [3.8, 4) is 6.07 Å². The maximum absolute atomic E-state index is 12.9. The Morgan fingerprint density at radius 3 is 2.28 bits per heavy atom. The highest BCUT2D eigenvalue weighted by molar-refractivity contribution is 6.02. The molecule has 29 heavy (non-hydrogen) atoms. The molecule has 4 rings (SSSR count). The Morgan fingerprint density at radius 1 is 0.931 bits per heavy atom. The fraction of sp³-hybridized carbons (Fsp3) is 0.217. The number of benzene rings is 2. The van der Waals surface area contributed by atoms with Gasteiger partial charge in [0.15, 0.2) is 6.04 Å². The number of amides is 1. The van der Waals surface area contributed by atoms with Crippen LogP contribution in [0.5, 0.6) is 0 Å². The number of aromatic nitrogens is 1. The third-order valence-electron chi connectivity index (χ3n) is 5.24. The number of piperazine rings is 1. The zero-order chi connectivity index (χ0) is 20.2. The summed E-state index contributed by atoms with van der Waals surface area (Å²) in [4.78, 5) is 33.4. The molecule has 0 spiro atoms. The first-order valence-electron chi connectivity index (χ1n) is 9.54. The molecule has 1 aliphatic heterocycles. The lowest BCUT2D eigenvalue weighted by Crippen LogP contribution is -2.53. The third-order valence-corrected chi connectivity index (χ3v) is 5.24. The minimum atomic E-state index is -0.905. The number of hydrogen-bond donors (Lipinski definition) is 0. The lowest BCUT2D eigenvalue weighted by molar-refractivity contribution is 0.0581. The molecule has 1 aliphatic rings. The van der Waals surface area contributed by atoms with Crippen molar-refractivity contribution in [3.05, 3.63) is 78.1 Å². The summed E-state index contributed by atoms with van der Waals surface area (Å²) in [6.45, 7) is 1.89. The average Bonchev–Trinajstić information content (AvgIpc) is 2.79. The first-order chi connectivity index (χ1) is 14.2. The predicted molar refractivity (Wildman–Crippen MR) is 109 cm³/mol. The van der Waals surface area contributed by atoms with Crippen LogP contribution in [0.4, 0.5) is 0 Å². The van der Waals surface area contributed by atoms with Gasteiger partial charge in [-0.2, -0.15) is 5.26 Å². The molecule has 1 aromatic heterocycles. The zero-order valence-corrected chi connectivity index (χ0v) is 15.9. The Labute approximate surface area is 169 Å². The van der Waals surface area contributed by atoms with Gasteiger partial charge in [-0.15, -0.1) is 0 Å². The maximum Gasteiger partial charge on any atom is 0.253 e. The van der Waals surface area contributed by atoms with E-state index in [-0.39, 0.29) is 17.4 Å². The van der Waals surface area contributed by atoms with Crippen molar-refractivity contribution in [2.45, 2.75) is 6.04 Å². The van der Waals surface area contributed by atoms with Gasteiger partial charge in [-0.25, -0.2) is 0 Å². The molecule has 6 nitrogen and oxygen atoms in total. The van der Waals surface area contributed by atoms with Gasteiger partial charge in [0, 0.05) is 43.3 Å². The van der Waals surface area contributed by atoms with E-state index in [1.165, 1.54) is 0 Å². The molecule has 3 aromatic rings. The molecule has 1 fully saturated rings. The minimum Gasteiger partial charge on any atom is -0.336 e. The van der Waals surface area contributed by atoms with Crippen LogP contribution in [0.3, 0.4) is 0 Å². The Morgan fingerprint density at radius 2 is 1.59 bits per heavy atom. The van der Waals surface area contributed by atoms with Crippen molar-refractivity contribution in [1.29, 1.82) is 5.26 Å². The molecule has 1 saturated heterocycles. The number of rotatable bonds is 4. The molecule has 1 amide bonds. The van der Waals surface area contributed by atoms with Gasteiger partial charge in [-0.3, -0.25) is 19.5 Å². The highest BCUT2D eigenvalue weighted by Gasteiger charge is 2.31. The average molecular weight is 384 g/mol. The summed E-state index contributed by atoms with van der Waals surface area (Å²) >= 11 is 0. The van der Waals surface area contributed by atoms with Crippen LogP contribution in [-0.2, 0) is 0 Å². The first kappa shape index (κ1) is 18.8. The third kappa shape index (κ3) is 3.86. The van der Waals surface area contributed by atoms with Gasteiger partial charge >= 0.3 is 0 Å². The summed E-state index contributed by atoms with van der Waals surface area (Å²) in [5, 5.41) is 11.5. The number of pyridine rings is 1. The molecule has 1 unspecified atom stereocenters. The van der Waals surface area contributed by atoms with Crippen LogP contribution in [0.2, 0.25) is 0 Å². The Bertz CT molecular complexity index is 1080. The van der Waals surface area contributed by atoms with Gasteiger partial charge in [0.2, 0.25) is 5.78 Å². The van der Waals surface area contributed by atoms with E-state index in [1.54, 1.807) is 29.3 Å². The van der Waals surface area contributed by atoms with E-state index in [9.17, 15) is 14.9 Å². The molecule has 0 radical (unpaired) electrons. The summed E-state index contributed by atoms with van der Waals surface area (Å²) in [5.74, 6) is -0.331. The second-order valence-corrected chi connectivity index (χ2v) is 7.01. The summed E-state index contributed by atoms with van der Waals surface area (Å²) in [6.07, 6.45) is 1.66. The van der Waals surface area contributed by atoms with Gasteiger partial charge in [0.05, 0.1) is 6.07 Å². The highest BCUT2D eigenvalue weighted by atomic mass is 16.2. The number of ketones is 1. The summed E-state index contributed by atoms with van der Waals surface area (Å²) in [7, 11) is 0. The SMILES string of the molecule is N#CC(C(=O)c1cc2ccccc2cn1)N1CCN(C(=O)c2ccccc2)CC1. The highest BCUT2D eigenvalue weighted by Crippen LogP contribution is 2.17. The Hall–Kier alpha value is -3.56. The lowest BCUT2D eigenvalue weighted by Gasteiger charge is -2.36. The Balaban J connectivity index is 1.45. The van der Waals surface area contributed by atoms with E-state index in [0.29, 0.717) is 31.7 Å². The van der Waals surface area contributed by atoms with E-state index in [1.807, 2.05) is 47.4 Å². The molecule has 0 saturated carbocycles. The summed E-state index contributed by atoms with van der Waals surface area (Å²) in [6, 6.07) is 19.8. The Kier molecular flexibility index (Phi) is 5.32. The monoisotopic (exact) mass is 384 g/mol. The second-order valence-electron chi connectivity index (χ2n) is 7.01. The number of carbonyl (C=O) groups excluding carboxylic acids is 2. The molecule has 0 N–H and O–H groups in total. The summed E-state index contributed by atoms with van der Waals surface area (Å²) in [5.41, 5.74) is 0.937. The van der Waals surface area contributed by atoms with Crippen LogP contribution in [0.25, 0.3) is 10.8 Å². The molecular formula is C23H20N4O2. The van der Waals surface area contributed by atoms with Crippen LogP contribution in [-0.4, -0.2) is 58.7 Å². The molecule has 1 atom stereocenters. The van der Waals surface area contributed by atoms with Gasteiger partial charge < -0.3 is 4.90 Å². The molecule has 2 aromatic carbocycles. The fourth-order valence-electron chi connectivity index (χ4n) is 3.61. The van der Waals surface area contributed by atoms with Gasteiger partial charge in [0.25, 0.3) is 5.91 Å². The molecule has 0 bridgehead atoms. The second kappa shape index (κ2) is 8.21. The van der Waals surface area contributed by atoms with Crippen molar-refractivity contribution in [2.75, 3.05) is 26.2 Å². The lowest BCUT2D eigenvalue weighted by atomic mass is 10.0. The molecular weight excluding hydrogens is 364 g/mol. The molecule has 144 valence electrons. The van der Waals surface area contributed by atoms with E-state index < -0.39 is 6.04 Å². The number of hydrogen-bond acceptors (Lipinski definition) is 5. The van der Waals surface area contributed by atoms with E-state index in [0.717, 1.165) is 10.8 Å². The van der Waals surface area contributed by atoms with E-state index in [2.05, 4.69) is 11.1 Å².